The lowest BCUT2D eigenvalue weighted by Crippen LogP contribution is -2.10. The van der Waals surface area contributed by atoms with Crippen LogP contribution >= 0.6 is 0 Å². The first kappa shape index (κ1) is 29.5. The van der Waals surface area contributed by atoms with E-state index in [-0.39, 0.29) is 5.97 Å². The maximum Gasteiger partial charge on any atom is 0.343 e. The summed E-state index contributed by atoms with van der Waals surface area (Å²) in [6, 6.07) is 22.3. The van der Waals surface area contributed by atoms with Crippen molar-refractivity contribution in [2.24, 2.45) is 5.92 Å². The van der Waals surface area contributed by atoms with Crippen LogP contribution in [0.25, 0.3) is 11.1 Å². The standard InChI is InChI=1S/C35H46O3/c1-5-8-10-12-24-37-33-22-23-34(32(26-33)13-11-9-6-2)38-35(36)31-20-18-30(19-21-31)29-16-14-28(15-17-29)25-27(4)7-3/h14-23,26-27H,5-13,24-25H2,1-4H3. The molecule has 3 heteroatoms. The van der Waals surface area contributed by atoms with E-state index in [1.807, 2.05) is 42.5 Å². The lowest BCUT2D eigenvalue weighted by Gasteiger charge is -2.13. The molecule has 0 bridgehead atoms. The second-order valence-electron chi connectivity index (χ2n) is 10.5. The summed E-state index contributed by atoms with van der Waals surface area (Å²) in [7, 11) is 0. The fourth-order valence-corrected chi connectivity index (χ4v) is 4.56. The van der Waals surface area contributed by atoms with Crippen molar-refractivity contribution in [3.05, 3.63) is 83.4 Å². The van der Waals surface area contributed by atoms with Gasteiger partial charge in [0.2, 0.25) is 0 Å². The van der Waals surface area contributed by atoms with E-state index in [9.17, 15) is 4.79 Å². The van der Waals surface area contributed by atoms with Crippen LogP contribution in [0.5, 0.6) is 11.5 Å². The van der Waals surface area contributed by atoms with Crippen LogP contribution in [0.4, 0.5) is 0 Å². The molecule has 3 rings (SSSR count). The molecule has 0 fully saturated rings. The highest BCUT2D eigenvalue weighted by molar-refractivity contribution is 5.91. The highest BCUT2D eigenvalue weighted by Crippen LogP contribution is 2.28. The maximum absolute atomic E-state index is 13.0. The molecule has 3 aromatic rings. The van der Waals surface area contributed by atoms with Crippen LogP contribution in [-0.4, -0.2) is 12.6 Å². The fourth-order valence-electron chi connectivity index (χ4n) is 4.56. The average Bonchev–Trinajstić information content (AvgIpc) is 2.94. The zero-order valence-corrected chi connectivity index (χ0v) is 23.9. The minimum atomic E-state index is -0.328. The Morgan fingerprint density at radius 2 is 1.42 bits per heavy atom. The van der Waals surface area contributed by atoms with Gasteiger partial charge in [0.25, 0.3) is 0 Å². The smallest absolute Gasteiger partial charge is 0.343 e. The molecule has 0 N–H and O–H groups in total. The Kier molecular flexibility index (Phi) is 12.4. The molecule has 0 radical (unpaired) electrons. The van der Waals surface area contributed by atoms with Crippen LogP contribution in [0.2, 0.25) is 0 Å². The second-order valence-corrected chi connectivity index (χ2v) is 10.5. The molecule has 1 atom stereocenters. The van der Waals surface area contributed by atoms with Gasteiger partial charge in [0, 0.05) is 0 Å². The van der Waals surface area contributed by atoms with Crippen molar-refractivity contribution in [3.8, 4) is 22.6 Å². The molecule has 0 heterocycles. The van der Waals surface area contributed by atoms with Crippen LogP contribution in [0.3, 0.4) is 0 Å². The average molecular weight is 515 g/mol. The van der Waals surface area contributed by atoms with Crippen LogP contribution in [0.15, 0.2) is 66.7 Å². The minimum Gasteiger partial charge on any atom is -0.494 e. The largest absolute Gasteiger partial charge is 0.494 e. The number of esters is 1. The second kappa shape index (κ2) is 16.0. The van der Waals surface area contributed by atoms with Gasteiger partial charge in [-0.1, -0.05) is 103 Å². The lowest BCUT2D eigenvalue weighted by molar-refractivity contribution is 0.0733. The molecule has 0 aliphatic carbocycles. The van der Waals surface area contributed by atoms with Crippen molar-refractivity contribution in [1.29, 1.82) is 0 Å². The van der Waals surface area contributed by atoms with Crippen molar-refractivity contribution in [2.75, 3.05) is 6.61 Å². The predicted octanol–water partition coefficient (Wildman–Crippen LogP) is 9.85. The SMILES string of the molecule is CCCCCCOc1ccc(OC(=O)c2ccc(-c3ccc(CC(C)CC)cc3)cc2)c(CCCCC)c1. The molecular weight excluding hydrogens is 468 g/mol. The van der Waals surface area contributed by atoms with Crippen molar-refractivity contribution in [2.45, 2.75) is 91.9 Å². The van der Waals surface area contributed by atoms with E-state index in [0.717, 1.165) is 67.6 Å². The third-order valence-corrected chi connectivity index (χ3v) is 7.24. The maximum atomic E-state index is 13.0. The monoisotopic (exact) mass is 514 g/mol. The number of carbonyl (C=O) groups is 1. The van der Waals surface area contributed by atoms with Crippen molar-refractivity contribution < 1.29 is 14.3 Å². The summed E-state index contributed by atoms with van der Waals surface area (Å²) in [4.78, 5) is 13.0. The van der Waals surface area contributed by atoms with Gasteiger partial charge in [-0.3, -0.25) is 0 Å². The van der Waals surface area contributed by atoms with Gasteiger partial charge in [0.05, 0.1) is 12.2 Å². The van der Waals surface area contributed by atoms with Gasteiger partial charge in [-0.25, -0.2) is 4.79 Å². The molecule has 0 saturated heterocycles. The van der Waals surface area contributed by atoms with E-state index < -0.39 is 0 Å². The topological polar surface area (TPSA) is 35.5 Å². The fraction of sp³-hybridized carbons (Fsp3) is 0.457. The summed E-state index contributed by atoms with van der Waals surface area (Å²) in [5.41, 5.74) is 5.20. The summed E-state index contributed by atoms with van der Waals surface area (Å²) in [6.07, 6.45) is 11.2. The van der Waals surface area contributed by atoms with Gasteiger partial charge >= 0.3 is 5.97 Å². The van der Waals surface area contributed by atoms with Crippen LogP contribution in [0, 0.1) is 5.92 Å². The van der Waals surface area contributed by atoms with Crippen molar-refractivity contribution in [1.82, 2.24) is 0 Å². The zero-order valence-electron chi connectivity index (χ0n) is 23.9. The van der Waals surface area contributed by atoms with E-state index in [1.165, 1.54) is 31.2 Å². The van der Waals surface area contributed by atoms with Gasteiger partial charge in [-0.2, -0.15) is 0 Å². The van der Waals surface area contributed by atoms with Gasteiger partial charge in [-0.05, 0) is 84.2 Å². The van der Waals surface area contributed by atoms with Crippen molar-refractivity contribution in [3.63, 3.8) is 0 Å². The molecule has 0 aliphatic heterocycles. The molecule has 204 valence electrons. The zero-order chi connectivity index (χ0) is 27.2. The van der Waals surface area contributed by atoms with E-state index >= 15 is 0 Å². The highest BCUT2D eigenvalue weighted by atomic mass is 16.5. The number of benzene rings is 3. The minimum absolute atomic E-state index is 0.328. The number of rotatable bonds is 16. The Labute approximate surface area is 230 Å². The third kappa shape index (κ3) is 9.35. The molecule has 0 aromatic heterocycles. The molecule has 0 amide bonds. The summed E-state index contributed by atoms with van der Waals surface area (Å²) >= 11 is 0. The first-order valence-corrected chi connectivity index (χ1v) is 14.7. The van der Waals surface area contributed by atoms with Crippen molar-refractivity contribution >= 4 is 5.97 Å². The number of unbranched alkanes of at least 4 members (excludes halogenated alkanes) is 5. The van der Waals surface area contributed by atoms with Crippen LogP contribution in [0.1, 0.15) is 101 Å². The van der Waals surface area contributed by atoms with Crippen LogP contribution < -0.4 is 9.47 Å². The molecule has 3 aromatic carbocycles. The first-order chi connectivity index (χ1) is 18.5. The highest BCUT2D eigenvalue weighted by Gasteiger charge is 2.14. The predicted molar refractivity (Wildman–Crippen MR) is 159 cm³/mol. The third-order valence-electron chi connectivity index (χ3n) is 7.24. The van der Waals surface area contributed by atoms with E-state index in [2.05, 4.69) is 52.0 Å². The molecule has 0 spiro atoms. The van der Waals surface area contributed by atoms with Crippen LogP contribution in [-0.2, 0) is 12.8 Å². The molecule has 1 unspecified atom stereocenters. The Hall–Kier alpha value is -3.07. The molecule has 38 heavy (non-hydrogen) atoms. The van der Waals surface area contributed by atoms with Gasteiger partial charge in [0.1, 0.15) is 11.5 Å². The van der Waals surface area contributed by atoms with E-state index in [0.29, 0.717) is 17.2 Å². The van der Waals surface area contributed by atoms with Gasteiger partial charge in [-0.15, -0.1) is 0 Å². The van der Waals surface area contributed by atoms with Gasteiger partial charge in [0.15, 0.2) is 0 Å². The molecule has 0 saturated carbocycles. The Morgan fingerprint density at radius 3 is 2.08 bits per heavy atom. The quantitative estimate of drug-likeness (QED) is 0.108. The number of hydrogen-bond acceptors (Lipinski definition) is 3. The molecular formula is C35H46O3. The Morgan fingerprint density at radius 1 is 0.763 bits per heavy atom. The summed E-state index contributed by atoms with van der Waals surface area (Å²) in [5, 5.41) is 0. The Bertz CT molecular complexity index is 1100. The summed E-state index contributed by atoms with van der Waals surface area (Å²) in [5.74, 6) is 1.85. The van der Waals surface area contributed by atoms with E-state index in [4.69, 9.17) is 9.47 Å². The number of aryl methyl sites for hydroxylation is 1. The number of carbonyl (C=O) groups excluding carboxylic acids is 1. The van der Waals surface area contributed by atoms with Gasteiger partial charge < -0.3 is 9.47 Å². The number of ether oxygens (including phenoxy) is 2. The van der Waals surface area contributed by atoms with E-state index in [1.54, 1.807) is 0 Å². The summed E-state index contributed by atoms with van der Waals surface area (Å²) < 4.78 is 11.9. The Balaban J connectivity index is 1.65. The first-order valence-electron chi connectivity index (χ1n) is 14.7. The molecule has 3 nitrogen and oxygen atoms in total. The summed E-state index contributed by atoms with van der Waals surface area (Å²) in [6.45, 7) is 9.66. The number of hydrogen-bond donors (Lipinski definition) is 0. The lowest BCUT2D eigenvalue weighted by atomic mass is 9.96. The normalized spacial score (nSPS) is 11.8. The molecule has 0 aliphatic rings.